The monoisotopic (exact) mass is 680 g/mol. The van der Waals surface area contributed by atoms with Gasteiger partial charge in [0.2, 0.25) is 5.90 Å². The van der Waals surface area contributed by atoms with Crippen LogP contribution in [0, 0.1) is 31.1 Å². The van der Waals surface area contributed by atoms with Gasteiger partial charge in [-0.15, -0.1) is 0 Å². The molecule has 1 aliphatic rings. The normalized spacial score (nSPS) is 14.2. The van der Waals surface area contributed by atoms with E-state index in [0.29, 0.717) is 17.7 Å². The van der Waals surface area contributed by atoms with E-state index in [9.17, 15) is 14.9 Å². The molecule has 0 saturated heterocycles. The van der Waals surface area contributed by atoms with Crippen LogP contribution in [0.2, 0.25) is 0 Å². The summed E-state index contributed by atoms with van der Waals surface area (Å²) in [6, 6.07) is 16.6. The molecule has 0 aromatic heterocycles. The van der Waals surface area contributed by atoms with Crippen LogP contribution in [-0.4, -0.2) is 16.8 Å². The van der Waals surface area contributed by atoms with Crippen LogP contribution in [0.4, 0.5) is 5.69 Å². The van der Waals surface area contributed by atoms with Crippen molar-refractivity contribution in [3.05, 3.63) is 105 Å². The molecule has 1 heterocycles. The quantitative estimate of drug-likeness (QED) is 0.0997. The summed E-state index contributed by atoms with van der Waals surface area (Å²) >= 11 is 4.41. The van der Waals surface area contributed by atoms with Gasteiger partial charge >= 0.3 is 5.97 Å². The summed E-state index contributed by atoms with van der Waals surface area (Å²) in [6.07, 6.45) is 1.63. The molecule has 0 fully saturated rings. The van der Waals surface area contributed by atoms with Crippen LogP contribution in [0.5, 0.6) is 5.75 Å². The number of hydrogen-bond acceptors (Lipinski definition) is 6. The Morgan fingerprint density at radius 2 is 1.82 bits per heavy atom. The highest BCUT2D eigenvalue weighted by molar-refractivity contribution is 14.1. The van der Waals surface area contributed by atoms with Crippen LogP contribution >= 0.6 is 45.2 Å². The standard InChI is InChI=1S/C25H18I2N2O5/c1-14-4-3-5-16(8-14)13-33-23-19(26)9-17(10-20(23)27)11-21-25(30)34-24(28-21)18-7-6-15(2)22(12-18)29(31)32/h3-12H,13H2,1-2H3/b21-11+. The molecular weight excluding hydrogens is 662 g/mol. The lowest BCUT2D eigenvalue weighted by atomic mass is 10.1. The van der Waals surface area contributed by atoms with Gasteiger partial charge in [0.05, 0.1) is 12.1 Å². The van der Waals surface area contributed by atoms with E-state index in [4.69, 9.17) is 9.47 Å². The van der Waals surface area contributed by atoms with Crippen molar-refractivity contribution >= 4 is 68.8 Å². The third kappa shape index (κ3) is 5.46. The number of benzene rings is 3. The zero-order valence-electron chi connectivity index (χ0n) is 18.2. The van der Waals surface area contributed by atoms with Gasteiger partial charge in [0.15, 0.2) is 5.70 Å². The van der Waals surface area contributed by atoms with Gasteiger partial charge in [0.1, 0.15) is 12.4 Å². The Labute approximate surface area is 223 Å². The highest BCUT2D eigenvalue weighted by Crippen LogP contribution is 2.31. The van der Waals surface area contributed by atoms with E-state index in [0.717, 1.165) is 24.0 Å². The summed E-state index contributed by atoms with van der Waals surface area (Å²) in [5, 5.41) is 11.2. The molecule has 0 bridgehead atoms. The second kappa shape index (κ2) is 10.2. The molecule has 0 N–H and O–H groups in total. The molecule has 4 rings (SSSR count). The second-order valence-corrected chi connectivity index (χ2v) is 10.0. The lowest BCUT2D eigenvalue weighted by Gasteiger charge is -2.12. The van der Waals surface area contributed by atoms with Gasteiger partial charge in [-0.05, 0) is 94.4 Å². The third-order valence-corrected chi connectivity index (χ3v) is 6.67. The number of cyclic esters (lactones) is 1. The maximum Gasteiger partial charge on any atom is 0.363 e. The average Bonchev–Trinajstić information content (AvgIpc) is 3.13. The lowest BCUT2D eigenvalue weighted by Crippen LogP contribution is -2.06. The molecule has 172 valence electrons. The first kappa shape index (κ1) is 24.3. The summed E-state index contributed by atoms with van der Waals surface area (Å²) in [4.78, 5) is 27.4. The summed E-state index contributed by atoms with van der Waals surface area (Å²) in [6.45, 7) is 4.14. The topological polar surface area (TPSA) is 91.0 Å². The van der Waals surface area contributed by atoms with Crippen molar-refractivity contribution < 1.29 is 19.2 Å². The van der Waals surface area contributed by atoms with Gasteiger partial charge < -0.3 is 9.47 Å². The van der Waals surface area contributed by atoms with Gasteiger partial charge in [0, 0.05) is 17.2 Å². The van der Waals surface area contributed by atoms with Gasteiger partial charge in [-0.1, -0.05) is 35.9 Å². The Morgan fingerprint density at radius 3 is 2.50 bits per heavy atom. The molecule has 0 aliphatic carbocycles. The first-order chi connectivity index (χ1) is 16.2. The number of aryl methyl sites for hydroxylation is 2. The Kier molecular flexibility index (Phi) is 7.31. The summed E-state index contributed by atoms with van der Waals surface area (Å²) in [7, 11) is 0. The minimum atomic E-state index is -0.608. The van der Waals surface area contributed by atoms with E-state index >= 15 is 0 Å². The van der Waals surface area contributed by atoms with Crippen LogP contribution in [0.15, 0.2) is 65.3 Å². The fraction of sp³-hybridized carbons (Fsp3) is 0.120. The largest absolute Gasteiger partial charge is 0.487 e. The molecule has 0 spiro atoms. The Hall–Kier alpha value is -2.80. The van der Waals surface area contributed by atoms with Crippen molar-refractivity contribution in [3.63, 3.8) is 0 Å². The molecular formula is C25H18I2N2O5. The van der Waals surface area contributed by atoms with Gasteiger partial charge in [-0.25, -0.2) is 9.79 Å². The van der Waals surface area contributed by atoms with E-state index < -0.39 is 10.9 Å². The number of hydrogen-bond donors (Lipinski definition) is 0. The van der Waals surface area contributed by atoms with Crippen molar-refractivity contribution in [1.29, 1.82) is 0 Å². The minimum absolute atomic E-state index is 0.0434. The van der Waals surface area contributed by atoms with Crippen molar-refractivity contribution in [2.75, 3.05) is 0 Å². The maximum atomic E-state index is 12.4. The van der Waals surface area contributed by atoms with E-state index in [-0.39, 0.29) is 17.3 Å². The van der Waals surface area contributed by atoms with Gasteiger partial charge in [-0.2, -0.15) is 0 Å². The van der Waals surface area contributed by atoms with Crippen molar-refractivity contribution in [1.82, 2.24) is 0 Å². The molecule has 3 aromatic carbocycles. The molecule has 9 heteroatoms. The fourth-order valence-corrected chi connectivity index (χ4v) is 5.52. The number of rotatable bonds is 6. The van der Waals surface area contributed by atoms with Crippen LogP contribution in [0.25, 0.3) is 6.08 Å². The fourth-order valence-electron chi connectivity index (χ4n) is 3.39. The number of ether oxygens (including phenoxy) is 2. The number of carbonyl (C=O) groups is 1. The Balaban J connectivity index is 1.57. The number of esters is 1. The Morgan fingerprint density at radius 1 is 1.09 bits per heavy atom. The van der Waals surface area contributed by atoms with Crippen molar-refractivity contribution in [2.45, 2.75) is 20.5 Å². The predicted molar refractivity (Wildman–Crippen MR) is 146 cm³/mol. The predicted octanol–water partition coefficient (Wildman–Crippen LogP) is 6.34. The number of aliphatic imine (C=N–C) groups is 1. The summed E-state index contributed by atoms with van der Waals surface area (Å²) < 4.78 is 13.1. The van der Waals surface area contributed by atoms with E-state index in [1.54, 1.807) is 25.1 Å². The van der Waals surface area contributed by atoms with Crippen LogP contribution in [0.1, 0.15) is 27.8 Å². The van der Waals surface area contributed by atoms with Gasteiger partial charge in [0.25, 0.3) is 5.69 Å². The highest BCUT2D eigenvalue weighted by atomic mass is 127. The van der Waals surface area contributed by atoms with Crippen LogP contribution in [-0.2, 0) is 16.1 Å². The molecule has 34 heavy (non-hydrogen) atoms. The lowest BCUT2D eigenvalue weighted by molar-refractivity contribution is -0.385. The molecule has 0 radical (unpaired) electrons. The maximum absolute atomic E-state index is 12.4. The number of nitrogens with zero attached hydrogens (tertiary/aromatic N) is 2. The molecule has 3 aromatic rings. The van der Waals surface area contributed by atoms with Crippen LogP contribution < -0.4 is 4.74 Å². The first-order valence-corrected chi connectivity index (χ1v) is 12.3. The molecule has 0 unspecified atom stereocenters. The smallest absolute Gasteiger partial charge is 0.363 e. The van der Waals surface area contributed by atoms with E-state index in [2.05, 4.69) is 56.2 Å². The minimum Gasteiger partial charge on any atom is -0.487 e. The Bertz CT molecular complexity index is 1360. The van der Waals surface area contributed by atoms with E-state index in [1.165, 1.54) is 11.6 Å². The van der Waals surface area contributed by atoms with E-state index in [1.807, 2.05) is 37.3 Å². The van der Waals surface area contributed by atoms with Crippen molar-refractivity contribution in [2.24, 2.45) is 4.99 Å². The summed E-state index contributed by atoms with van der Waals surface area (Å²) in [5.41, 5.74) is 3.99. The number of nitro groups is 1. The highest BCUT2D eigenvalue weighted by Gasteiger charge is 2.26. The number of halogens is 2. The number of nitro benzene ring substituents is 1. The van der Waals surface area contributed by atoms with Crippen LogP contribution in [0.3, 0.4) is 0 Å². The molecule has 0 atom stereocenters. The second-order valence-electron chi connectivity index (χ2n) is 7.69. The molecule has 0 amide bonds. The third-order valence-electron chi connectivity index (χ3n) is 5.06. The zero-order chi connectivity index (χ0) is 24.4. The van der Waals surface area contributed by atoms with Crippen molar-refractivity contribution in [3.8, 4) is 5.75 Å². The average molecular weight is 680 g/mol. The molecule has 1 aliphatic heterocycles. The number of carbonyl (C=O) groups excluding carboxylic acids is 1. The SMILES string of the molecule is Cc1cccc(COc2c(I)cc(/C=C3/N=C(c4ccc(C)c([N+](=O)[O-])c4)OC3=O)cc2I)c1. The molecule has 0 saturated carbocycles. The first-order valence-electron chi connectivity index (χ1n) is 10.2. The molecule has 7 nitrogen and oxygen atoms in total. The summed E-state index contributed by atoms with van der Waals surface area (Å²) in [5.74, 6) is 0.208. The van der Waals surface area contributed by atoms with Gasteiger partial charge in [-0.3, -0.25) is 10.1 Å². The zero-order valence-corrected chi connectivity index (χ0v) is 22.5.